The summed E-state index contributed by atoms with van der Waals surface area (Å²) in [5, 5.41) is 12.0. The zero-order chi connectivity index (χ0) is 28.8. The number of rotatable bonds is 2. The van der Waals surface area contributed by atoms with Gasteiger partial charge in [-0.25, -0.2) is 0 Å². The highest BCUT2D eigenvalue weighted by atomic mass is 32.2. The molecule has 2 nitrogen and oxygen atoms in total. The fourth-order valence-corrected chi connectivity index (χ4v) is 9.28. The van der Waals surface area contributed by atoms with Gasteiger partial charge >= 0.3 is 0 Å². The highest BCUT2D eigenvalue weighted by Gasteiger charge is 2.43. The van der Waals surface area contributed by atoms with Crippen LogP contribution in [0.1, 0.15) is 35.3 Å². The van der Waals surface area contributed by atoms with Gasteiger partial charge in [-0.3, -0.25) is 0 Å². The summed E-state index contributed by atoms with van der Waals surface area (Å²) >= 11 is 1.91. The van der Waals surface area contributed by atoms with E-state index in [1.165, 1.54) is 76.5 Å². The summed E-state index contributed by atoms with van der Waals surface area (Å²) in [6.45, 7) is 0. The largest absolute Gasteiger partial charge is 0.368 e. The number of nitrogens with one attached hydrogen (secondary N) is 1. The lowest BCUT2D eigenvalue weighted by atomic mass is 9.77. The average molecular weight is 583 g/mol. The minimum atomic E-state index is 0.227. The molecule has 3 atom stereocenters. The molecule has 0 fully saturated rings. The molecule has 0 amide bonds. The van der Waals surface area contributed by atoms with Gasteiger partial charge in [0.15, 0.2) is 0 Å². The van der Waals surface area contributed by atoms with Crippen molar-refractivity contribution in [1.29, 1.82) is 0 Å². The highest BCUT2D eigenvalue weighted by molar-refractivity contribution is 8.00. The van der Waals surface area contributed by atoms with Crippen LogP contribution in [0, 0.1) is 0 Å². The number of nitrogens with zero attached hydrogens (tertiary/aromatic N) is 1. The zero-order valence-corrected chi connectivity index (χ0v) is 25.0. The average Bonchev–Trinajstić information content (AvgIpc) is 3.68. The maximum Gasteiger partial charge on any atom is 0.103 e. The molecule has 0 saturated carbocycles. The Morgan fingerprint density at radius 1 is 0.727 bits per heavy atom. The van der Waals surface area contributed by atoms with Gasteiger partial charge in [0, 0.05) is 27.6 Å². The predicted molar refractivity (Wildman–Crippen MR) is 187 cm³/mol. The summed E-state index contributed by atoms with van der Waals surface area (Å²) < 4.78 is 0. The fourth-order valence-electron chi connectivity index (χ4n) is 8.13. The van der Waals surface area contributed by atoms with E-state index in [4.69, 9.17) is 0 Å². The number of hydrogen-bond donors (Lipinski definition) is 1. The Bertz CT molecular complexity index is 2260. The number of benzene rings is 6. The van der Waals surface area contributed by atoms with Gasteiger partial charge in [0.25, 0.3) is 0 Å². The van der Waals surface area contributed by atoms with Crippen molar-refractivity contribution < 1.29 is 0 Å². The molecule has 2 aliphatic carbocycles. The van der Waals surface area contributed by atoms with Gasteiger partial charge in [0.1, 0.15) is 5.37 Å². The molecule has 44 heavy (non-hydrogen) atoms. The molecule has 210 valence electrons. The van der Waals surface area contributed by atoms with Crippen LogP contribution in [-0.4, -0.2) is 6.04 Å². The molecule has 6 aromatic rings. The molecule has 4 aliphatic rings. The van der Waals surface area contributed by atoms with E-state index in [-0.39, 0.29) is 11.4 Å². The molecule has 2 aliphatic heterocycles. The third-order valence-corrected chi connectivity index (χ3v) is 11.3. The summed E-state index contributed by atoms with van der Waals surface area (Å²) in [6, 6.07) is 40.9. The van der Waals surface area contributed by atoms with E-state index >= 15 is 0 Å². The first-order valence-electron chi connectivity index (χ1n) is 15.7. The Kier molecular flexibility index (Phi) is 5.26. The second-order valence-electron chi connectivity index (χ2n) is 12.4. The van der Waals surface area contributed by atoms with E-state index in [0.717, 1.165) is 12.8 Å². The zero-order valence-electron chi connectivity index (χ0n) is 24.2. The Morgan fingerprint density at radius 3 is 2.52 bits per heavy atom. The maximum atomic E-state index is 3.88. The Balaban J connectivity index is 1.13. The first kappa shape index (κ1) is 24.7. The lowest BCUT2D eigenvalue weighted by Crippen LogP contribution is -2.31. The summed E-state index contributed by atoms with van der Waals surface area (Å²) in [7, 11) is 0. The smallest absolute Gasteiger partial charge is 0.103 e. The number of thioether (sulfide) groups is 1. The Labute approximate surface area is 261 Å². The molecule has 0 saturated heterocycles. The standard InChI is InChI=1S/C41H30N2S/c1-2-10-28(11-3-1)41-42-40-36(44-41)23-18-27-14-15-29-24-30(19-20-33(29)37(27)40)43-34-21-16-25-8-4-6-12-31(25)38(34)39-32-13-7-5-9-26(32)17-22-35(39)43/h1-4,6-8,10-24,35,39,41-42H,5,9H2. The second kappa shape index (κ2) is 9.38. The van der Waals surface area contributed by atoms with E-state index < -0.39 is 0 Å². The van der Waals surface area contributed by atoms with E-state index in [9.17, 15) is 0 Å². The van der Waals surface area contributed by atoms with Crippen molar-refractivity contribution in [1.82, 2.24) is 0 Å². The highest BCUT2D eigenvalue weighted by Crippen LogP contribution is 2.55. The van der Waals surface area contributed by atoms with Gasteiger partial charge in [0.05, 0.1) is 11.7 Å². The van der Waals surface area contributed by atoms with Gasteiger partial charge in [-0.15, -0.1) is 0 Å². The monoisotopic (exact) mass is 582 g/mol. The van der Waals surface area contributed by atoms with Gasteiger partial charge in [-0.1, -0.05) is 121 Å². The second-order valence-corrected chi connectivity index (χ2v) is 13.5. The van der Waals surface area contributed by atoms with Crippen LogP contribution in [0.15, 0.2) is 150 Å². The molecular weight excluding hydrogens is 553 g/mol. The first-order valence-corrected chi connectivity index (χ1v) is 16.6. The van der Waals surface area contributed by atoms with Crippen molar-refractivity contribution in [2.24, 2.45) is 0 Å². The van der Waals surface area contributed by atoms with Crippen molar-refractivity contribution in [3.63, 3.8) is 0 Å². The molecule has 0 spiro atoms. The van der Waals surface area contributed by atoms with Crippen molar-refractivity contribution in [3.05, 3.63) is 156 Å². The lowest BCUT2D eigenvalue weighted by molar-refractivity contribution is 0.704. The van der Waals surface area contributed by atoms with Crippen LogP contribution < -0.4 is 10.2 Å². The van der Waals surface area contributed by atoms with Crippen molar-refractivity contribution in [2.45, 2.75) is 35.1 Å². The van der Waals surface area contributed by atoms with Crippen LogP contribution in [0.25, 0.3) is 32.3 Å². The number of fused-ring (bicyclic) bond motifs is 11. The van der Waals surface area contributed by atoms with Gasteiger partial charge in [-0.05, 0) is 86.3 Å². The molecule has 3 heteroatoms. The molecule has 0 bridgehead atoms. The summed E-state index contributed by atoms with van der Waals surface area (Å²) in [6.07, 6.45) is 11.9. The molecule has 6 aromatic carbocycles. The number of anilines is 3. The van der Waals surface area contributed by atoms with Gasteiger partial charge in [0.2, 0.25) is 0 Å². The quantitative estimate of drug-likeness (QED) is 0.204. The van der Waals surface area contributed by atoms with Gasteiger partial charge in [-0.2, -0.15) is 0 Å². The molecule has 0 aromatic heterocycles. The van der Waals surface area contributed by atoms with Crippen LogP contribution in [0.5, 0.6) is 0 Å². The summed E-state index contributed by atoms with van der Waals surface area (Å²) in [5.41, 5.74) is 9.64. The van der Waals surface area contributed by atoms with E-state index in [1.54, 1.807) is 0 Å². The molecular formula is C41H30N2S. The van der Waals surface area contributed by atoms with Crippen LogP contribution in [0.3, 0.4) is 0 Å². The third-order valence-electron chi connectivity index (χ3n) is 10.1. The van der Waals surface area contributed by atoms with E-state index in [1.807, 2.05) is 11.8 Å². The molecule has 1 N–H and O–H groups in total. The predicted octanol–water partition coefficient (Wildman–Crippen LogP) is 11.2. The van der Waals surface area contributed by atoms with Crippen molar-refractivity contribution in [3.8, 4) is 0 Å². The Hall–Kier alpha value is -4.73. The summed E-state index contributed by atoms with van der Waals surface area (Å²) in [5.74, 6) is 0.333. The summed E-state index contributed by atoms with van der Waals surface area (Å²) in [4.78, 5) is 3.93. The fraction of sp³-hybridized carbons (Fsp3) is 0.122. The van der Waals surface area contributed by atoms with Gasteiger partial charge < -0.3 is 10.2 Å². The Morgan fingerprint density at radius 2 is 1.57 bits per heavy atom. The van der Waals surface area contributed by atoms with Crippen LogP contribution in [0.2, 0.25) is 0 Å². The maximum absolute atomic E-state index is 3.88. The topological polar surface area (TPSA) is 15.3 Å². The van der Waals surface area contributed by atoms with E-state index in [2.05, 4.69) is 144 Å². The molecule has 0 radical (unpaired) electrons. The SMILES string of the molecule is C1=CC2=C(C=CC3C2c2c(ccc4ccccc24)N3c2ccc3c(ccc4ccc5c(c43)NC(c3ccccc3)S5)c2)CC1. The van der Waals surface area contributed by atoms with Crippen LogP contribution in [0.4, 0.5) is 17.1 Å². The van der Waals surface area contributed by atoms with Crippen molar-refractivity contribution >= 4 is 61.1 Å². The number of allylic oxidation sites excluding steroid dienone is 4. The van der Waals surface area contributed by atoms with Crippen molar-refractivity contribution in [2.75, 3.05) is 10.2 Å². The normalized spacial score (nSPS) is 21.5. The minimum absolute atomic E-state index is 0.227. The van der Waals surface area contributed by atoms with Crippen LogP contribution in [-0.2, 0) is 0 Å². The van der Waals surface area contributed by atoms with Crippen LogP contribution >= 0.6 is 11.8 Å². The molecule has 10 rings (SSSR count). The molecule has 3 unspecified atom stereocenters. The minimum Gasteiger partial charge on any atom is -0.368 e. The first-order chi connectivity index (χ1) is 21.8. The molecule has 2 heterocycles. The third kappa shape index (κ3) is 3.51. The number of hydrogen-bond acceptors (Lipinski definition) is 3. The lowest BCUT2D eigenvalue weighted by Gasteiger charge is -2.33. The van der Waals surface area contributed by atoms with E-state index in [0.29, 0.717) is 5.92 Å².